The Morgan fingerprint density at radius 3 is 2.43 bits per heavy atom. The highest BCUT2D eigenvalue weighted by atomic mass is 19.2. The normalized spacial score (nSPS) is 27.7. The summed E-state index contributed by atoms with van der Waals surface area (Å²) in [5.41, 5.74) is -0.501. The summed E-state index contributed by atoms with van der Waals surface area (Å²) in [4.78, 5) is 12.6. The van der Waals surface area contributed by atoms with Crippen LogP contribution < -0.4 is 10.2 Å². The van der Waals surface area contributed by atoms with Gasteiger partial charge < -0.3 is 15.3 Å². The van der Waals surface area contributed by atoms with Crippen LogP contribution in [0.5, 0.6) is 0 Å². The number of piperidine rings is 1. The minimum atomic E-state index is -1.46. The molecule has 2 bridgehead atoms. The van der Waals surface area contributed by atoms with Crippen molar-refractivity contribution in [1.29, 1.82) is 0 Å². The molecule has 0 amide bonds. The summed E-state index contributed by atoms with van der Waals surface area (Å²) in [5, 5.41) is 12.3. The third kappa shape index (κ3) is 2.48. The van der Waals surface area contributed by atoms with Crippen LogP contribution in [0.3, 0.4) is 0 Å². The van der Waals surface area contributed by atoms with E-state index in [0.717, 1.165) is 31.7 Å². The van der Waals surface area contributed by atoms with E-state index in [1.54, 1.807) is 11.9 Å². The first kappa shape index (κ1) is 14.3. The van der Waals surface area contributed by atoms with Gasteiger partial charge in [-0.2, -0.15) is 0 Å². The first-order chi connectivity index (χ1) is 9.97. The van der Waals surface area contributed by atoms with E-state index >= 15 is 0 Å². The molecule has 2 aliphatic heterocycles. The van der Waals surface area contributed by atoms with Gasteiger partial charge in [-0.1, -0.05) is 0 Å². The molecule has 2 heterocycles. The molecular formula is C15H18F2N2O2. The number of aromatic carboxylic acids is 1. The molecule has 2 N–H and O–H groups in total. The number of hydrogen-bond donors (Lipinski definition) is 2. The molecule has 0 radical (unpaired) electrons. The number of carbonyl (C=O) groups is 1. The second kappa shape index (κ2) is 5.26. The first-order valence-corrected chi connectivity index (χ1v) is 7.17. The van der Waals surface area contributed by atoms with Crippen molar-refractivity contribution in [1.82, 2.24) is 5.32 Å². The summed E-state index contributed by atoms with van der Waals surface area (Å²) in [7, 11) is 1.74. The van der Waals surface area contributed by atoms with Gasteiger partial charge in [-0.3, -0.25) is 0 Å². The lowest BCUT2D eigenvalue weighted by atomic mass is 9.98. The lowest BCUT2D eigenvalue weighted by Crippen LogP contribution is -2.47. The number of hydrogen-bond acceptors (Lipinski definition) is 3. The Bertz CT molecular complexity index is 567. The highest BCUT2D eigenvalue weighted by Gasteiger charge is 2.36. The van der Waals surface area contributed by atoms with Gasteiger partial charge >= 0.3 is 5.97 Å². The lowest BCUT2D eigenvalue weighted by Gasteiger charge is -2.37. The van der Waals surface area contributed by atoms with Gasteiger partial charge in [0.05, 0.1) is 11.3 Å². The zero-order chi connectivity index (χ0) is 15.1. The minimum Gasteiger partial charge on any atom is -0.478 e. The molecule has 1 aromatic rings. The van der Waals surface area contributed by atoms with Crippen LogP contribution in [-0.2, 0) is 0 Å². The Morgan fingerprint density at radius 1 is 1.24 bits per heavy atom. The summed E-state index contributed by atoms with van der Waals surface area (Å²) in [6.07, 6.45) is 4.05. The molecule has 114 valence electrons. The van der Waals surface area contributed by atoms with E-state index in [1.807, 2.05) is 0 Å². The van der Waals surface area contributed by atoms with Crippen LogP contribution in [0.25, 0.3) is 0 Å². The van der Waals surface area contributed by atoms with E-state index in [2.05, 4.69) is 5.32 Å². The Labute approximate surface area is 121 Å². The number of carboxylic acid groups (broad SMARTS) is 1. The number of carboxylic acids is 1. The number of benzene rings is 1. The van der Waals surface area contributed by atoms with Crippen LogP contribution in [0.1, 0.15) is 36.0 Å². The molecular weight excluding hydrogens is 278 g/mol. The van der Waals surface area contributed by atoms with Gasteiger partial charge in [0.2, 0.25) is 0 Å². The zero-order valence-corrected chi connectivity index (χ0v) is 11.8. The fourth-order valence-corrected chi connectivity index (χ4v) is 3.52. The van der Waals surface area contributed by atoms with E-state index < -0.39 is 23.2 Å². The number of fused-ring (bicyclic) bond motifs is 2. The van der Waals surface area contributed by atoms with Crippen LogP contribution in [0.4, 0.5) is 14.5 Å². The Hall–Kier alpha value is -1.69. The van der Waals surface area contributed by atoms with Gasteiger partial charge in [0.15, 0.2) is 11.6 Å². The van der Waals surface area contributed by atoms with Gasteiger partial charge in [-0.15, -0.1) is 0 Å². The third-order valence-corrected chi connectivity index (χ3v) is 4.67. The molecule has 4 nitrogen and oxygen atoms in total. The SMILES string of the molecule is CN(c1ccc(C(=O)O)c(F)c1F)C1CC2CCC(C1)N2. The van der Waals surface area contributed by atoms with Crippen molar-refractivity contribution >= 4 is 11.7 Å². The molecule has 2 fully saturated rings. The van der Waals surface area contributed by atoms with E-state index in [-0.39, 0.29) is 11.7 Å². The summed E-state index contributed by atoms with van der Waals surface area (Å²) in [6.45, 7) is 0. The standard InChI is InChI=1S/C15H18F2N2O2/c1-19(10-6-8-2-3-9(7-10)18-8)12-5-4-11(15(20)21)13(16)14(12)17/h4-5,8-10,18H,2-3,6-7H2,1H3,(H,20,21). The van der Waals surface area contributed by atoms with E-state index in [1.165, 1.54) is 6.07 Å². The van der Waals surface area contributed by atoms with E-state index in [0.29, 0.717) is 12.1 Å². The lowest BCUT2D eigenvalue weighted by molar-refractivity contribution is 0.0690. The monoisotopic (exact) mass is 296 g/mol. The fraction of sp³-hybridized carbons (Fsp3) is 0.533. The Morgan fingerprint density at radius 2 is 1.86 bits per heavy atom. The third-order valence-electron chi connectivity index (χ3n) is 4.67. The predicted octanol–water partition coefficient (Wildman–Crippen LogP) is 2.38. The molecule has 2 unspecified atom stereocenters. The molecule has 2 atom stereocenters. The number of halogens is 2. The van der Waals surface area contributed by atoms with E-state index in [9.17, 15) is 13.6 Å². The second-order valence-corrected chi connectivity index (χ2v) is 5.94. The maximum Gasteiger partial charge on any atom is 0.338 e. The molecule has 2 saturated heterocycles. The molecule has 0 aromatic heterocycles. The molecule has 0 spiro atoms. The maximum absolute atomic E-state index is 14.1. The number of rotatable bonds is 3. The summed E-state index contributed by atoms with van der Waals surface area (Å²) >= 11 is 0. The van der Waals surface area contributed by atoms with Crippen molar-refractivity contribution in [3.63, 3.8) is 0 Å². The van der Waals surface area contributed by atoms with Crippen molar-refractivity contribution in [3.05, 3.63) is 29.3 Å². The van der Waals surface area contributed by atoms with Crippen LogP contribution >= 0.6 is 0 Å². The predicted molar refractivity (Wildman–Crippen MR) is 74.7 cm³/mol. The molecule has 6 heteroatoms. The van der Waals surface area contributed by atoms with Crippen molar-refractivity contribution in [2.45, 2.75) is 43.8 Å². The second-order valence-electron chi connectivity index (χ2n) is 5.94. The highest BCUT2D eigenvalue weighted by Crippen LogP contribution is 2.33. The van der Waals surface area contributed by atoms with Crippen molar-refractivity contribution in [2.24, 2.45) is 0 Å². The van der Waals surface area contributed by atoms with Crippen molar-refractivity contribution in [2.75, 3.05) is 11.9 Å². The largest absolute Gasteiger partial charge is 0.478 e. The molecule has 1 aromatic carbocycles. The highest BCUT2D eigenvalue weighted by molar-refractivity contribution is 5.88. The van der Waals surface area contributed by atoms with Gasteiger partial charge in [0.1, 0.15) is 0 Å². The molecule has 3 rings (SSSR count). The number of nitrogens with zero attached hydrogens (tertiary/aromatic N) is 1. The Kier molecular flexibility index (Phi) is 3.57. The fourth-order valence-electron chi connectivity index (χ4n) is 3.52. The maximum atomic E-state index is 14.1. The molecule has 21 heavy (non-hydrogen) atoms. The van der Waals surface area contributed by atoms with Crippen molar-refractivity contribution in [3.8, 4) is 0 Å². The molecule has 0 saturated carbocycles. The summed E-state index contributed by atoms with van der Waals surface area (Å²) in [6, 6.07) is 3.52. The smallest absolute Gasteiger partial charge is 0.338 e. The van der Waals surface area contributed by atoms with E-state index in [4.69, 9.17) is 5.11 Å². The number of anilines is 1. The van der Waals surface area contributed by atoms with Crippen LogP contribution in [0, 0.1) is 11.6 Å². The van der Waals surface area contributed by atoms with Crippen LogP contribution in [-0.4, -0.2) is 36.2 Å². The van der Waals surface area contributed by atoms with Crippen LogP contribution in [0.2, 0.25) is 0 Å². The number of nitrogens with one attached hydrogen (secondary N) is 1. The van der Waals surface area contributed by atoms with Crippen LogP contribution in [0.15, 0.2) is 12.1 Å². The quantitative estimate of drug-likeness (QED) is 0.899. The average Bonchev–Trinajstić information content (AvgIpc) is 2.79. The van der Waals surface area contributed by atoms with Gasteiger partial charge in [0.25, 0.3) is 0 Å². The molecule has 2 aliphatic rings. The van der Waals surface area contributed by atoms with Gasteiger partial charge in [-0.25, -0.2) is 13.6 Å². The summed E-state index contributed by atoms with van der Waals surface area (Å²) < 4.78 is 28.0. The van der Waals surface area contributed by atoms with Crippen molar-refractivity contribution < 1.29 is 18.7 Å². The molecule has 0 aliphatic carbocycles. The first-order valence-electron chi connectivity index (χ1n) is 7.17. The van der Waals surface area contributed by atoms with Gasteiger partial charge in [-0.05, 0) is 37.8 Å². The topological polar surface area (TPSA) is 52.6 Å². The zero-order valence-electron chi connectivity index (χ0n) is 11.8. The van der Waals surface area contributed by atoms with Gasteiger partial charge in [0, 0.05) is 25.2 Å². The summed E-state index contributed by atoms with van der Waals surface area (Å²) in [5.74, 6) is -3.83. The Balaban J connectivity index is 1.86. The minimum absolute atomic E-state index is 0.129. The average molecular weight is 296 g/mol.